The number of benzene rings is 2. The minimum atomic E-state index is -0.974. The van der Waals surface area contributed by atoms with Gasteiger partial charge in [0.15, 0.2) is 0 Å². The highest BCUT2D eigenvalue weighted by molar-refractivity contribution is 5.71. The van der Waals surface area contributed by atoms with Gasteiger partial charge in [0.1, 0.15) is 24.0 Å². The zero-order valence-electron chi connectivity index (χ0n) is 10.5. The van der Waals surface area contributed by atoms with Gasteiger partial charge in [-0.05, 0) is 23.8 Å². The van der Waals surface area contributed by atoms with Crippen molar-refractivity contribution in [3.63, 3.8) is 0 Å². The molecule has 0 aliphatic heterocycles. The van der Waals surface area contributed by atoms with Crippen molar-refractivity contribution in [2.45, 2.75) is 13.0 Å². The fourth-order valence-electron chi connectivity index (χ4n) is 1.81. The van der Waals surface area contributed by atoms with E-state index in [0.29, 0.717) is 16.9 Å². The summed E-state index contributed by atoms with van der Waals surface area (Å²) >= 11 is 0. The number of para-hydroxylation sites is 1. The van der Waals surface area contributed by atoms with Crippen LogP contribution in [0.3, 0.4) is 0 Å². The first-order valence-electron chi connectivity index (χ1n) is 5.92. The van der Waals surface area contributed by atoms with Gasteiger partial charge >= 0.3 is 5.97 Å². The van der Waals surface area contributed by atoms with E-state index >= 15 is 0 Å². The van der Waals surface area contributed by atoms with Crippen LogP contribution in [0.2, 0.25) is 0 Å². The SMILES string of the molecule is O=C(O)Cc1ccccc1OCc1cc(F)cc(F)c1. The summed E-state index contributed by atoms with van der Waals surface area (Å²) in [6, 6.07) is 9.77. The van der Waals surface area contributed by atoms with Gasteiger partial charge < -0.3 is 9.84 Å². The standard InChI is InChI=1S/C15H12F2O3/c16-12-5-10(6-13(17)8-12)9-20-14-4-2-1-3-11(14)7-15(18)19/h1-6,8H,7,9H2,(H,18,19). The maximum absolute atomic E-state index is 13.0. The Kier molecular flexibility index (Phi) is 4.30. The predicted octanol–water partition coefficient (Wildman–Crippen LogP) is 3.17. The number of carbonyl (C=O) groups is 1. The highest BCUT2D eigenvalue weighted by Crippen LogP contribution is 2.20. The van der Waals surface area contributed by atoms with Gasteiger partial charge in [0.05, 0.1) is 6.42 Å². The van der Waals surface area contributed by atoms with Crippen LogP contribution in [0.15, 0.2) is 42.5 Å². The first-order chi connectivity index (χ1) is 9.54. The monoisotopic (exact) mass is 278 g/mol. The number of hydrogen-bond acceptors (Lipinski definition) is 2. The molecule has 0 saturated carbocycles. The molecule has 0 fully saturated rings. The van der Waals surface area contributed by atoms with E-state index in [1.165, 1.54) is 12.1 Å². The lowest BCUT2D eigenvalue weighted by molar-refractivity contribution is -0.136. The topological polar surface area (TPSA) is 46.5 Å². The molecule has 0 heterocycles. The van der Waals surface area contributed by atoms with E-state index in [-0.39, 0.29) is 13.0 Å². The minimum Gasteiger partial charge on any atom is -0.489 e. The van der Waals surface area contributed by atoms with Crippen LogP contribution in [-0.2, 0) is 17.8 Å². The van der Waals surface area contributed by atoms with Crippen LogP contribution in [0, 0.1) is 11.6 Å². The maximum Gasteiger partial charge on any atom is 0.307 e. The highest BCUT2D eigenvalue weighted by atomic mass is 19.1. The van der Waals surface area contributed by atoms with Crippen molar-refractivity contribution < 1.29 is 23.4 Å². The van der Waals surface area contributed by atoms with Crippen molar-refractivity contribution in [2.75, 3.05) is 0 Å². The van der Waals surface area contributed by atoms with Crippen molar-refractivity contribution in [1.29, 1.82) is 0 Å². The van der Waals surface area contributed by atoms with E-state index in [0.717, 1.165) is 6.07 Å². The third kappa shape index (κ3) is 3.78. The molecule has 0 atom stereocenters. The smallest absolute Gasteiger partial charge is 0.307 e. The molecule has 20 heavy (non-hydrogen) atoms. The quantitative estimate of drug-likeness (QED) is 0.913. The summed E-state index contributed by atoms with van der Waals surface area (Å²) in [7, 11) is 0. The normalized spacial score (nSPS) is 10.3. The molecular formula is C15H12F2O3. The van der Waals surface area contributed by atoms with Crippen LogP contribution in [0.5, 0.6) is 5.75 Å². The molecule has 0 aliphatic carbocycles. The fourth-order valence-corrected chi connectivity index (χ4v) is 1.81. The zero-order valence-corrected chi connectivity index (χ0v) is 10.5. The molecule has 2 aromatic carbocycles. The van der Waals surface area contributed by atoms with Gasteiger partial charge in [-0.2, -0.15) is 0 Å². The Bertz CT molecular complexity index is 606. The molecule has 0 saturated heterocycles. The molecule has 1 N–H and O–H groups in total. The summed E-state index contributed by atoms with van der Waals surface area (Å²) in [4.78, 5) is 10.7. The summed E-state index contributed by atoms with van der Waals surface area (Å²) in [5.74, 6) is -1.94. The van der Waals surface area contributed by atoms with Crippen LogP contribution in [0.4, 0.5) is 8.78 Å². The summed E-state index contributed by atoms with van der Waals surface area (Å²) in [5.41, 5.74) is 0.851. The summed E-state index contributed by atoms with van der Waals surface area (Å²) < 4.78 is 31.5. The maximum atomic E-state index is 13.0. The van der Waals surface area contributed by atoms with Crippen LogP contribution in [-0.4, -0.2) is 11.1 Å². The van der Waals surface area contributed by atoms with E-state index in [1.54, 1.807) is 24.3 Å². The van der Waals surface area contributed by atoms with Gasteiger partial charge in [0, 0.05) is 11.6 Å². The summed E-state index contributed by atoms with van der Waals surface area (Å²) in [5, 5.41) is 8.79. The second-order valence-corrected chi connectivity index (χ2v) is 4.24. The molecule has 0 aliphatic rings. The Labute approximate surface area is 114 Å². The molecule has 0 radical (unpaired) electrons. The molecule has 2 rings (SSSR count). The van der Waals surface area contributed by atoms with Gasteiger partial charge in [-0.3, -0.25) is 4.79 Å². The largest absolute Gasteiger partial charge is 0.489 e. The average Bonchev–Trinajstić information content (AvgIpc) is 2.36. The first kappa shape index (κ1) is 14.0. The third-order valence-corrected chi connectivity index (χ3v) is 2.63. The minimum absolute atomic E-state index is 0.0364. The van der Waals surface area contributed by atoms with E-state index in [1.807, 2.05) is 0 Å². The van der Waals surface area contributed by atoms with E-state index in [4.69, 9.17) is 9.84 Å². The summed E-state index contributed by atoms with van der Waals surface area (Å²) in [6.45, 7) is -0.0364. The Morgan fingerprint density at radius 1 is 1.10 bits per heavy atom. The third-order valence-electron chi connectivity index (χ3n) is 2.63. The zero-order chi connectivity index (χ0) is 14.5. The number of ether oxygens (including phenoxy) is 1. The van der Waals surface area contributed by atoms with Gasteiger partial charge in [-0.25, -0.2) is 8.78 Å². The second-order valence-electron chi connectivity index (χ2n) is 4.24. The lowest BCUT2D eigenvalue weighted by Crippen LogP contribution is -2.04. The van der Waals surface area contributed by atoms with Crippen LogP contribution in [0.1, 0.15) is 11.1 Å². The van der Waals surface area contributed by atoms with Gasteiger partial charge in [-0.1, -0.05) is 18.2 Å². The molecular weight excluding hydrogens is 266 g/mol. The van der Waals surface area contributed by atoms with Gasteiger partial charge in [-0.15, -0.1) is 0 Å². The van der Waals surface area contributed by atoms with Crippen molar-refractivity contribution in [3.05, 3.63) is 65.2 Å². The Hall–Kier alpha value is -2.43. The van der Waals surface area contributed by atoms with Crippen LogP contribution >= 0.6 is 0 Å². The van der Waals surface area contributed by atoms with Crippen molar-refractivity contribution >= 4 is 5.97 Å². The van der Waals surface area contributed by atoms with E-state index in [2.05, 4.69) is 0 Å². The molecule has 0 amide bonds. The number of aliphatic carboxylic acids is 1. The molecule has 0 spiro atoms. The Balaban J connectivity index is 2.12. The fraction of sp³-hybridized carbons (Fsp3) is 0.133. The second kappa shape index (κ2) is 6.14. The molecule has 0 aromatic heterocycles. The summed E-state index contributed by atoms with van der Waals surface area (Å²) in [6.07, 6.45) is -0.173. The average molecular weight is 278 g/mol. The van der Waals surface area contributed by atoms with Gasteiger partial charge in [0.25, 0.3) is 0 Å². The van der Waals surface area contributed by atoms with Crippen molar-refractivity contribution in [1.82, 2.24) is 0 Å². The van der Waals surface area contributed by atoms with Crippen LogP contribution < -0.4 is 4.74 Å². The molecule has 0 bridgehead atoms. The number of carboxylic acids is 1. The number of hydrogen-bond donors (Lipinski definition) is 1. The van der Waals surface area contributed by atoms with Gasteiger partial charge in [0.2, 0.25) is 0 Å². The van der Waals surface area contributed by atoms with Crippen molar-refractivity contribution in [3.8, 4) is 5.75 Å². The molecule has 0 unspecified atom stereocenters. The Morgan fingerprint density at radius 3 is 2.40 bits per heavy atom. The number of rotatable bonds is 5. The van der Waals surface area contributed by atoms with Crippen molar-refractivity contribution in [2.24, 2.45) is 0 Å². The lowest BCUT2D eigenvalue weighted by atomic mass is 10.1. The van der Waals surface area contributed by atoms with Crippen LogP contribution in [0.25, 0.3) is 0 Å². The molecule has 2 aromatic rings. The molecule has 104 valence electrons. The van der Waals surface area contributed by atoms with E-state index in [9.17, 15) is 13.6 Å². The number of halogens is 2. The Morgan fingerprint density at radius 2 is 1.75 bits per heavy atom. The molecule has 3 nitrogen and oxygen atoms in total. The van der Waals surface area contributed by atoms with E-state index < -0.39 is 17.6 Å². The molecule has 5 heteroatoms. The number of carboxylic acid groups (broad SMARTS) is 1. The predicted molar refractivity (Wildman–Crippen MR) is 68.5 cm³/mol. The first-order valence-corrected chi connectivity index (χ1v) is 5.92. The highest BCUT2D eigenvalue weighted by Gasteiger charge is 2.08. The lowest BCUT2D eigenvalue weighted by Gasteiger charge is -2.10.